The lowest BCUT2D eigenvalue weighted by atomic mass is 10.1. The Morgan fingerprint density at radius 2 is 1.84 bits per heavy atom. The van der Waals surface area contributed by atoms with E-state index in [9.17, 15) is 8.42 Å². The summed E-state index contributed by atoms with van der Waals surface area (Å²) in [5.41, 5.74) is 6.19. The zero-order chi connectivity index (χ0) is 14.2. The van der Waals surface area contributed by atoms with Crippen molar-refractivity contribution in [2.24, 2.45) is 5.92 Å². The van der Waals surface area contributed by atoms with Crippen molar-refractivity contribution in [3.63, 3.8) is 0 Å². The van der Waals surface area contributed by atoms with Crippen LogP contribution in [0, 0.1) is 5.92 Å². The maximum Gasteiger partial charge on any atom is 0.243 e. The number of rotatable bonds is 3. The van der Waals surface area contributed by atoms with Crippen LogP contribution in [0.2, 0.25) is 0 Å². The molecule has 0 spiro atoms. The third kappa shape index (κ3) is 3.32. The lowest BCUT2D eigenvalue weighted by Crippen LogP contribution is -2.36. The van der Waals surface area contributed by atoms with Gasteiger partial charge in [0, 0.05) is 20.7 Å². The number of hydrogen-bond acceptors (Lipinski definition) is 3. The second-order valence-corrected chi connectivity index (χ2v) is 8.31. The molecule has 106 valence electrons. The second-order valence-electron chi connectivity index (χ2n) is 4.95. The molecule has 1 aliphatic carbocycles. The molecular weight excluding hydrogens is 396 g/mol. The average molecular weight is 412 g/mol. The molecular formula is C12H16Br2N2O2S. The van der Waals surface area contributed by atoms with Crippen molar-refractivity contribution in [1.82, 2.24) is 4.72 Å². The molecule has 0 amide bonds. The molecule has 1 saturated carbocycles. The quantitative estimate of drug-likeness (QED) is 0.749. The van der Waals surface area contributed by atoms with Gasteiger partial charge in [0.1, 0.15) is 4.90 Å². The number of nitrogens with one attached hydrogen (secondary N) is 1. The zero-order valence-electron chi connectivity index (χ0n) is 10.5. The molecule has 0 saturated heterocycles. The summed E-state index contributed by atoms with van der Waals surface area (Å²) >= 11 is 6.54. The summed E-state index contributed by atoms with van der Waals surface area (Å²) < 4.78 is 28.7. The van der Waals surface area contributed by atoms with E-state index in [0.717, 1.165) is 19.3 Å². The average Bonchev–Trinajstić information content (AvgIpc) is 2.61. The van der Waals surface area contributed by atoms with Gasteiger partial charge >= 0.3 is 0 Å². The predicted molar refractivity (Wildman–Crippen MR) is 83.4 cm³/mol. The maximum atomic E-state index is 12.5. The largest absolute Gasteiger partial charge is 0.399 e. The van der Waals surface area contributed by atoms with Crippen LogP contribution in [0.15, 0.2) is 26.0 Å². The van der Waals surface area contributed by atoms with E-state index in [0.29, 0.717) is 20.6 Å². The Bertz CT molecular complexity index is 566. The van der Waals surface area contributed by atoms with E-state index in [2.05, 4.69) is 43.5 Å². The summed E-state index contributed by atoms with van der Waals surface area (Å²) in [6, 6.07) is 3.20. The first kappa shape index (κ1) is 15.3. The first-order chi connectivity index (χ1) is 8.81. The molecule has 2 atom stereocenters. The highest BCUT2D eigenvalue weighted by molar-refractivity contribution is 9.11. The van der Waals surface area contributed by atoms with E-state index in [1.807, 2.05) is 0 Å². The van der Waals surface area contributed by atoms with E-state index in [1.54, 1.807) is 12.1 Å². The molecule has 2 rings (SSSR count). The summed E-state index contributed by atoms with van der Waals surface area (Å²) in [6.45, 7) is 2.08. The monoisotopic (exact) mass is 410 g/mol. The van der Waals surface area contributed by atoms with Gasteiger partial charge in [-0.05, 0) is 62.8 Å². The van der Waals surface area contributed by atoms with E-state index in [4.69, 9.17) is 5.73 Å². The smallest absolute Gasteiger partial charge is 0.243 e. The highest BCUT2D eigenvalue weighted by atomic mass is 79.9. The number of nitrogen functional groups attached to an aromatic ring is 1. The normalized spacial score (nSPS) is 23.7. The van der Waals surface area contributed by atoms with Gasteiger partial charge in [-0.1, -0.05) is 13.3 Å². The van der Waals surface area contributed by atoms with Crippen molar-refractivity contribution in [3.05, 3.63) is 21.1 Å². The number of benzene rings is 1. The highest BCUT2D eigenvalue weighted by Gasteiger charge is 2.30. The number of hydrogen-bond donors (Lipinski definition) is 2. The van der Waals surface area contributed by atoms with Crippen molar-refractivity contribution < 1.29 is 8.42 Å². The van der Waals surface area contributed by atoms with Crippen molar-refractivity contribution in [3.8, 4) is 0 Å². The number of anilines is 1. The minimum atomic E-state index is -3.55. The maximum absolute atomic E-state index is 12.5. The number of halogens is 2. The third-order valence-electron chi connectivity index (χ3n) is 3.46. The van der Waals surface area contributed by atoms with Gasteiger partial charge in [-0.15, -0.1) is 0 Å². The molecule has 4 nitrogen and oxygen atoms in total. The fraction of sp³-hybridized carbons (Fsp3) is 0.500. The Kier molecular flexibility index (Phi) is 4.59. The summed E-state index contributed by atoms with van der Waals surface area (Å²) in [7, 11) is -3.55. The van der Waals surface area contributed by atoms with Crippen LogP contribution >= 0.6 is 31.9 Å². The van der Waals surface area contributed by atoms with Crippen LogP contribution in [-0.4, -0.2) is 14.5 Å². The van der Waals surface area contributed by atoms with E-state index in [1.165, 1.54) is 0 Å². The SMILES string of the molecule is CC1CCCC1NS(=O)(=O)c1c(Br)cc(N)cc1Br. The Labute approximate surface area is 130 Å². The molecule has 0 heterocycles. The highest BCUT2D eigenvalue weighted by Crippen LogP contribution is 2.34. The minimum Gasteiger partial charge on any atom is -0.399 e. The first-order valence-electron chi connectivity index (χ1n) is 6.08. The van der Waals surface area contributed by atoms with Crippen molar-refractivity contribution in [1.29, 1.82) is 0 Å². The van der Waals surface area contributed by atoms with Crippen LogP contribution < -0.4 is 10.5 Å². The predicted octanol–water partition coefficient (Wildman–Crippen LogP) is 3.26. The first-order valence-corrected chi connectivity index (χ1v) is 9.15. The van der Waals surface area contributed by atoms with Gasteiger partial charge in [-0.3, -0.25) is 0 Å². The topological polar surface area (TPSA) is 72.2 Å². The summed E-state index contributed by atoms with van der Waals surface area (Å²) in [4.78, 5) is 0.209. The summed E-state index contributed by atoms with van der Waals surface area (Å²) in [5, 5.41) is 0. The molecule has 0 aromatic heterocycles. The van der Waals surface area contributed by atoms with E-state index in [-0.39, 0.29) is 10.9 Å². The van der Waals surface area contributed by atoms with Crippen molar-refractivity contribution in [2.75, 3.05) is 5.73 Å². The second kappa shape index (κ2) is 5.71. The Balaban J connectivity index is 2.34. The van der Waals surface area contributed by atoms with E-state index >= 15 is 0 Å². The Morgan fingerprint density at radius 1 is 1.26 bits per heavy atom. The molecule has 0 bridgehead atoms. The van der Waals surface area contributed by atoms with Crippen LogP contribution in [0.3, 0.4) is 0 Å². The molecule has 1 aromatic rings. The van der Waals surface area contributed by atoms with Crippen molar-refractivity contribution >= 4 is 47.6 Å². The van der Waals surface area contributed by atoms with Gasteiger partial charge in [-0.25, -0.2) is 13.1 Å². The minimum absolute atomic E-state index is 0.0151. The fourth-order valence-corrected chi connectivity index (χ4v) is 6.41. The molecule has 7 heteroatoms. The Morgan fingerprint density at radius 3 is 2.32 bits per heavy atom. The van der Waals surface area contributed by atoms with Gasteiger partial charge in [-0.2, -0.15) is 0 Å². The molecule has 1 aromatic carbocycles. The fourth-order valence-electron chi connectivity index (χ4n) is 2.41. The molecule has 3 N–H and O–H groups in total. The van der Waals surface area contributed by atoms with Crippen LogP contribution in [0.4, 0.5) is 5.69 Å². The van der Waals surface area contributed by atoms with Gasteiger partial charge in [0.15, 0.2) is 0 Å². The third-order valence-corrected chi connectivity index (χ3v) is 6.82. The zero-order valence-corrected chi connectivity index (χ0v) is 14.5. The molecule has 19 heavy (non-hydrogen) atoms. The van der Waals surface area contributed by atoms with Crippen LogP contribution in [0.25, 0.3) is 0 Å². The molecule has 0 radical (unpaired) electrons. The van der Waals surface area contributed by atoms with Gasteiger partial charge in [0.2, 0.25) is 10.0 Å². The van der Waals surface area contributed by atoms with E-state index < -0.39 is 10.0 Å². The van der Waals surface area contributed by atoms with Crippen LogP contribution in [-0.2, 0) is 10.0 Å². The molecule has 1 aliphatic rings. The lowest BCUT2D eigenvalue weighted by Gasteiger charge is -2.19. The summed E-state index contributed by atoms with van der Waals surface area (Å²) in [5.74, 6) is 0.376. The van der Waals surface area contributed by atoms with Gasteiger partial charge in [0.05, 0.1) is 0 Å². The summed E-state index contributed by atoms with van der Waals surface area (Å²) in [6.07, 6.45) is 3.03. The van der Waals surface area contributed by atoms with Crippen molar-refractivity contribution in [2.45, 2.75) is 37.1 Å². The number of sulfonamides is 1. The van der Waals surface area contributed by atoms with Crippen LogP contribution in [0.5, 0.6) is 0 Å². The standard InChI is InChI=1S/C12H16Br2N2O2S/c1-7-3-2-4-11(7)16-19(17,18)12-9(13)5-8(15)6-10(12)14/h5-7,11,16H,2-4,15H2,1H3. The van der Waals surface area contributed by atoms with Gasteiger partial charge < -0.3 is 5.73 Å². The molecule has 1 fully saturated rings. The number of nitrogens with two attached hydrogens (primary N) is 1. The lowest BCUT2D eigenvalue weighted by molar-refractivity contribution is 0.476. The molecule has 0 aliphatic heterocycles. The molecule has 2 unspecified atom stereocenters. The van der Waals surface area contributed by atoms with Gasteiger partial charge in [0.25, 0.3) is 0 Å². The Hall–Kier alpha value is -0.110. The van der Waals surface area contributed by atoms with Crippen LogP contribution in [0.1, 0.15) is 26.2 Å².